The van der Waals surface area contributed by atoms with Crippen LogP contribution in [0.5, 0.6) is 0 Å². The summed E-state index contributed by atoms with van der Waals surface area (Å²) in [6.45, 7) is 2.54. The Kier molecular flexibility index (Phi) is 4.82. The molecule has 0 aliphatic carbocycles. The highest BCUT2D eigenvalue weighted by Gasteiger charge is 2.19. The molecule has 0 saturated heterocycles. The fraction of sp³-hybridized carbons (Fsp3) is 0.176. The highest BCUT2D eigenvalue weighted by atomic mass is 32.2. The van der Waals surface area contributed by atoms with Crippen molar-refractivity contribution in [2.24, 2.45) is 4.99 Å². The molecule has 0 radical (unpaired) electrons. The first-order valence-corrected chi connectivity index (χ1v) is 10.0. The molecule has 0 bridgehead atoms. The van der Waals surface area contributed by atoms with E-state index in [-0.39, 0.29) is 4.90 Å². The molecule has 1 heterocycles. The second kappa shape index (κ2) is 6.89. The zero-order valence-corrected chi connectivity index (χ0v) is 15.0. The Hall–Kier alpha value is -2.32. The van der Waals surface area contributed by atoms with E-state index in [0.29, 0.717) is 11.3 Å². The summed E-state index contributed by atoms with van der Waals surface area (Å²) in [6.07, 6.45) is 0. The van der Waals surface area contributed by atoms with Crippen molar-refractivity contribution in [1.82, 2.24) is 4.57 Å². The summed E-state index contributed by atoms with van der Waals surface area (Å²) < 4.78 is 40.3. The van der Waals surface area contributed by atoms with Crippen molar-refractivity contribution in [2.75, 3.05) is 5.75 Å². The molecule has 3 rings (SSSR count). The fourth-order valence-corrected chi connectivity index (χ4v) is 4.66. The quantitative estimate of drug-likeness (QED) is 0.656. The maximum atomic E-state index is 12.9. The van der Waals surface area contributed by atoms with E-state index in [9.17, 15) is 17.6 Å². The Balaban J connectivity index is 1.94. The number of hydrogen-bond acceptors (Lipinski definition) is 4. The molecule has 8 heteroatoms. The van der Waals surface area contributed by atoms with Crippen molar-refractivity contribution in [2.45, 2.75) is 18.4 Å². The third-order valence-corrected chi connectivity index (χ3v) is 6.29. The minimum Gasteiger partial charge on any atom is -0.317 e. The first kappa shape index (κ1) is 17.5. The van der Waals surface area contributed by atoms with Crippen LogP contribution in [0.2, 0.25) is 0 Å². The van der Waals surface area contributed by atoms with Gasteiger partial charge in [-0.25, -0.2) is 12.8 Å². The number of thiazole rings is 1. The number of aryl methyl sites for hydroxylation is 1. The topological polar surface area (TPSA) is 68.5 Å². The highest BCUT2D eigenvalue weighted by Crippen LogP contribution is 2.17. The number of amides is 1. The summed E-state index contributed by atoms with van der Waals surface area (Å²) in [6, 6.07) is 12.0. The predicted molar refractivity (Wildman–Crippen MR) is 94.5 cm³/mol. The molecule has 0 N–H and O–H groups in total. The second-order valence-electron chi connectivity index (χ2n) is 5.32. The maximum Gasteiger partial charge on any atom is 0.263 e. The van der Waals surface area contributed by atoms with Gasteiger partial charge in [0.15, 0.2) is 14.6 Å². The molecular formula is C17H15FN2O3S2. The van der Waals surface area contributed by atoms with E-state index in [4.69, 9.17) is 0 Å². The van der Waals surface area contributed by atoms with Gasteiger partial charge in [0, 0.05) is 6.54 Å². The van der Waals surface area contributed by atoms with Gasteiger partial charge in [-0.2, -0.15) is 4.99 Å². The van der Waals surface area contributed by atoms with Gasteiger partial charge in [-0.3, -0.25) is 4.79 Å². The average Bonchev–Trinajstić information content (AvgIpc) is 2.91. The maximum absolute atomic E-state index is 12.9. The monoisotopic (exact) mass is 378 g/mol. The standard InChI is InChI=1S/C17H15FN2O3S2/c1-2-20-14-5-3-4-6-15(14)24-17(20)19-16(21)11-25(22,23)13-9-7-12(18)8-10-13/h3-10H,2,11H2,1H3. The SMILES string of the molecule is CCn1c(=NC(=O)CS(=O)(=O)c2ccc(F)cc2)sc2ccccc21. The second-order valence-corrected chi connectivity index (χ2v) is 8.31. The van der Waals surface area contributed by atoms with E-state index in [1.165, 1.54) is 11.3 Å². The molecule has 2 aromatic carbocycles. The van der Waals surface area contributed by atoms with Gasteiger partial charge in [0.05, 0.1) is 15.1 Å². The number of sulfone groups is 1. The average molecular weight is 378 g/mol. The Bertz CT molecular complexity index is 1100. The Morgan fingerprint density at radius 3 is 2.52 bits per heavy atom. The van der Waals surface area contributed by atoms with E-state index in [1.54, 1.807) is 0 Å². The van der Waals surface area contributed by atoms with Crippen LogP contribution >= 0.6 is 11.3 Å². The van der Waals surface area contributed by atoms with E-state index < -0.39 is 27.3 Å². The largest absolute Gasteiger partial charge is 0.317 e. The number of benzene rings is 2. The van der Waals surface area contributed by atoms with Crippen LogP contribution in [0, 0.1) is 5.82 Å². The molecule has 0 spiro atoms. The van der Waals surface area contributed by atoms with Crippen molar-refractivity contribution >= 4 is 37.3 Å². The number of rotatable bonds is 4. The molecule has 0 aliphatic heterocycles. The van der Waals surface area contributed by atoms with Gasteiger partial charge in [0.2, 0.25) is 0 Å². The van der Waals surface area contributed by atoms with Gasteiger partial charge in [-0.15, -0.1) is 0 Å². The Morgan fingerprint density at radius 1 is 1.16 bits per heavy atom. The minimum absolute atomic E-state index is 0.0999. The van der Waals surface area contributed by atoms with Crippen LogP contribution in [0.4, 0.5) is 4.39 Å². The van der Waals surface area contributed by atoms with Gasteiger partial charge in [-0.1, -0.05) is 23.5 Å². The van der Waals surface area contributed by atoms with Crippen LogP contribution in [0.1, 0.15) is 6.92 Å². The Labute approximate surface area is 148 Å². The number of nitrogens with zero attached hydrogens (tertiary/aromatic N) is 2. The van der Waals surface area contributed by atoms with E-state index in [2.05, 4.69) is 4.99 Å². The van der Waals surface area contributed by atoms with Crippen molar-refractivity contribution < 1.29 is 17.6 Å². The van der Waals surface area contributed by atoms with Gasteiger partial charge in [0.25, 0.3) is 5.91 Å². The molecule has 130 valence electrons. The molecule has 1 amide bonds. The van der Waals surface area contributed by atoms with E-state index in [0.717, 1.165) is 34.5 Å². The van der Waals surface area contributed by atoms with Crippen LogP contribution in [-0.4, -0.2) is 24.6 Å². The molecule has 5 nitrogen and oxygen atoms in total. The van der Waals surface area contributed by atoms with Gasteiger partial charge in [-0.05, 0) is 43.3 Å². The number of aromatic nitrogens is 1. The molecule has 3 aromatic rings. The minimum atomic E-state index is -3.86. The number of carbonyl (C=O) groups is 1. The smallest absolute Gasteiger partial charge is 0.263 e. The van der Waals surface area contributed by atoms with Crippen LogP contribution in [-0.2, 0) is 21.2 Å². The number of halogens is 1. The number of hydrogen-bond donors (Lipinski definition) is 0. The van der Waals surface area contributed by atoms with Crippen molar-refractivity contribution in [3.05, 3.63) is 59.1 Å². The number of carbonyl (C=O) groups excluding carboxylic acids is 1. The number of para-hydroxylation sites is 1. The zero-order chi connectivity index (χ0) is 18.0. The number of fused-ring (bicyclic) bond motifs is 1. The van der Waals surface area contributed by atoms with Gasteiger partial charge >= 0.3 is 0 Å². The summed E-state index contributed by atoms with van der Waals surface area (Å²) in [5, 5.41) is 0. The van der Waals surface area contributed by atoms with Crippen molar-refractivity contribution in [1.29, 1.82) is 0 Å². The first-order valence-electron chi connectivity index (χ1n) is 7.55. The molecule has 0 saturated carbocycles. The van der Waals surface area contributed by atoms with Crippen molar-refractivity contribution in [3.63, 3.8) is 0 Å². The van der Waals surface area contributed by atoms with Crippen LogP contribution in [0.25, 0.3) is 10.2 Å². The molecule has 0 unspecified atom stereocenters. The summed E-state index contributed by atoms with van der Waals surface area (Å²) in [5.74, 6) is -2.04. The Morgan fingerprint density at radius 2 is 1.84 bits per heavy atom. The summed E-state index contributed by atoms with van der Waals surface area (Å²) in [5.41, 5.74) is 0.947. The summed E-state index contributed by atoms with van der Waals surface area (Å²) in [7, 11) is -3.86. The lowest BCUT2D eigenvalue weighted by atomic mass is 10.3. The molecule has 25 heavy (non-hydrogen) atoms. The normalized spacial score (nSPS) is 12.6. The highest BCUT2D eigenvalue weighted by molar-refractivity contribution is 7.92. The lowest BCUT2D eigenvalue weighted by Crippen LogP contribution is -2.20. The molecular weight excluding hydrogens is 363 g/mol. The van der Waals surface area contributed by atoms with Crippen molar-refractivity contribution in [3.8, 4) is 0 Å². The van der Waals surface area contributed by atoms with E-state index in [1.807, 2.05) is 35.8 Å². The predicted octanol–water partition coefficient (Wildman–Crippen LogP) is 2.76. The zero-order valence-electron chi connectivity index (χ0n) is 13.3. The van der Waals surface area contributed by atoms with Gasteiger partial charge < -0.3 is 4.57 Å². The summed E-state index contributed by atoms with van der Waals surface area (Å²) in [4.78, 5) is 16.5. The lowest BCUT2D eigenvalue weighted by molar-refractivity contribution is -0.115. The third-order valence-electron chi connectivity index (χ3n) is 3.61. The first-order chi connectivity index (χ1) is 11.9. The van der Waals surface area contributed by atoms with Crippen LogP contribution < -0.4 is 4.80 Å². The fourth-order valence-electron chi connectivity index (χ4n) is 2.44. The molecule has 0 atom stereocenters. The van der Waals surface area contributed by atoms with Gasteiger partial charge in [0.1, 0.15) is 11.6 Å². The van der Waals surface area contributed by atoms with Crippen LogP contribution in [0.3, 0.4) is 0 Å². The lowest BCUT2D eigenvalue weighted by Gasteiger charge is -2.02. The molecule has 1 aromatic heterocycles. The molecule has 0 fully saturated rings. The molecule has 0 aliphatic rings. The third kappa shape index (κ3) is 3.69. The van der Waals surface area contributed by atoms with Crippen LogP contribution in [0.15, 0.2) is 58.4 Å². The summed E-state index contributed by atoms with van der Waals surface area (Å²) >= 11 is 1.33. The van der Waals surface area contributed by atoms with E-state index >= 15 is 0 Å².